The number of primary sulfonamides is 1. The minimum absolute atomic E-state index is 0.0348. The van der Waals surface area contributed by atoms with Gasteiger partial charge in [-0.05, 0) is 41.5 Å². The van der Waals surface area contributed by atoms with E-state index in [1.54, 1.807) is 47.1 Å². The van der Waals surface area contributed by atoms with Crippen LogP contribution in [-0.2, 0) is 27.8 Å². The molecule has 164 valence electrons. The molecule has 0 aliphatic carbocycles. The molecule has 0 radical (unpaired) electrons. The summed E-state index contributed by atoms with van der Waals surface area (Å²) in [6.07, 6.45) is 1.48. The SMILES string of the molecule is Nc1ccc(Cn2ncc3c(S(N)(=O)=O)cc(NC(=O)Cc4ccccc4Cl)cc32)cc1. The number of carbonyl (C=O) groups is 1. The number of fused-ring (bicyclic) bond motifs is 1. The molecule has 4 aromatic rings. The molecule has 32 heavy (non-hydrogen) atoms. The summed E-state index contributed by atoms with van der Waals surface area (Å²) < 4.78 is 26.1. The zero-order chi connectivity index (χ0) is 22.9. The zero-order valence-corrected chi connectivity index (χ0v) is 18.4. The number of amides is 1. The fourth-order valence-corrected chi connectivity index (χ4v) is 4.35. The molecule has 5 N–H and O–H groups in total. The molecule has 0 atom stereocenters. The second-order valence-electron chi connectivity index (χ2n) is 7.31. The lowest BCUT2D eigenvalue weighted by atomic mass is 10.1. The molecule has 0 saturated heterocycles. The van der Waals surface area contributed by atoms with Gasteiger partial charge in [0, 0.05) is 21.8 Å². The van der Waals surface area contributed by atoms with Crippen LogP contribution in [-0.4, -0.2) is 24.1 Å². The quantitative estimate of drug-likeness (QED) is 0.373. The van der Waals surface area contributed by atoms with E-state index in [0.717, 1.165) is 5.56 Å². The van der Waals surface area contributed by atoms with Crippen molar-refractivity contribution in [3.8, 4) is 0 Å². The molecular weight excluding hydrogens is 450 g/mol. The lowest BCUT2D eigenvalue weighted by Crippen LogP contribution is -2.17. The lowest BCUT2D eigenvalue weighted by Gasteiger charge is -2.11. The number of hydrogen-bond acceptors (Lipinski definition) is 5. The molecule has 1 amide bonds. The lowest BCUT2D eigenvalue weighted by molar-refractivity contribution is -0.115. The molecule has 4 rings (SSSR count). The molecule has 0 spiro atoms. The van der Waals surface area contributed by atoms with Crippen LogP contribution in [0, 0.1) is 0 Å². The van der Waals surface area contributed by atoms with Crippen molar-refractivity contribution < 1.29 is 13.2 Å². The van der Waals surface area contributed by atoms with Gasteiger partial charge in [0.1, 0.15) is 0 Å². The highest BCUT2D eigenvalue weighted by molar-refractivity contribution is 7.89. The van der Waals surface area contributed by atoms with E-state index in [1.807, 2.05) is 12.1 Å². The Bertz CT molecular complexity index is 1420. The van der Waals surface area contributed by atoms with Gasteiger partial charge in [-0.1, -0.05) is 41.9 Å². The van der Waals surface area contributed by atoms with Gasteiger partial charge in [0.25, 0.3) is 0 Å². The van der Waals surface area contributed by atoms with Gasteiger partial charge in [0.15, 0.2) is 0 Å². The molecule has 10 heteroatoms. The Morgan fingerprint density at radius 2 is 1.81 bits per heavy atom. The number of nitrogen functional groups attached to an aromatic ring is 1. The minimum atomic E-state index is -4.06. The number of aromatic nitrogens is 2. The Hall–Kier alpha value is -3.40. The standard InChI is InChI=1S/C22H20ClN5O3S/c23-19-4-2-1-3-15(19)9-22(29)27-17-10-20-18(21(11-17)32(25,30)31)12-26-28(20)13-14-5-7-16(24)8-6-14/h1-8,10-12H,9,13,24H2,(H,27,29)(H2,25,30,31). The second kappa shape index (κ2) is 8.62. The molecule has 1 heterocycles. The summed E-state index contributed by atoms with van der Waals surface area (Å²) >= 11 is 6.13. The average molecular weight is 470 g/mol. The van der Waals surface area contributed by atoms with Gasteiger partial charge in [-0.15, -0.1) is 0 Å². The first kappa shape index (κ1) is 21.8. The third-order valence-electron chi connectivity index (χ3n) is 4.94. The zero-order valence-electron chi connectivity index (χ0n) is 16.8. The highest BCUT2D eigenvalue weighted by Crippen LogP contribution is 2.28. The summed E-state index contributed by atoms with van der Waals surface area (Å²) in [5, 5.41) is 13.3. The second-order valence-corrected chi connectivity index (χ2v) is 9.25. The van der Waals surface area contributed by atoms with E-state index < -0.39 is 10.0 Å². The number of benzene rings is 3. The molecule has 8 nitrogen and oxygen atoms in total. The van der Waals surface area contributed by atoms with Crippen molar-refractivity contribution in [2.45, 2.75) is 17.9 Å². The molecule has 0 bridgehead atoms. The van der Waals surface area contributed by atoms with Gasteiger partial charge >= 0.3 is 0 Å². The predicted molar refractivity (Wildman–Crippen MR) is 125 cm³/mol. The Morgan fingerprint density at radius 1 is 1.09 bits per heavy atom. The van der Waals surface area contributed by atoms with E-state index in [1.165, 1.54) is 12.3 Å². The number of rotatable bonds is 6. The van der Waals surface area contributed by atoms with Crippen molar-refractivity contribution in [1.82, 2.24) is 9.78 Å². The fraction of sp³-hybridized carbons (Fsp3) is 0.0909. The van der Waals surface area contributed by atoms with Crippen molar-refractivity contribution in [3.63, 3.8) is 0 Å². The van der Waals surface area contributed by atoms with Gasteiger partial charge in [-0.2, -0.15) is 5.10 Å². The van der Waals surface area contributed by atoms with Crippen LogP contribution >= 0.6 is 11.6 Å². The summed E-state index contributed by atoms with van der Waals surface area (Å²) in [5.41, 5.74) is 8.77. The highest BCUT2D eigenvalue weighted by atomic mass is 35.5. The molecule has 3 aromatic carbocycles. The van der Waals surface area contributed by atoms with Crippen LogP contribution < -0.4 is 16.2 Å². The molecule has 1 aromatic heterocycles. The number of halogens is 1. The summed E-state index contributed by atoms with van der Waals surface area (Å²) in [6, 6.07) is 17.3. The van der Waals surface area contributed by atoms with Gasteiger partial charge in [-0.3, -0.25) is 9.48 Å². The molecular formula is C22H20ClN5O3S. The first-order valence-electron chi connectivity index (χ1n) is 9.61. The summed E-state index contributed by atoms with van der Waals surface area (Å²) in [7, 11) is -4.06. The number of sulfonamides is 1. The van der Waals surface area contributed by atoms with Gasteiger partial charge in [-0.25, -0.2) is 13.6 Å². The van der Waals surface area contributed by atoms with Crippen molar-refractivity contribution in [3.05, 3.63) is 83.0 Å². The number of nitrogens with zero attached hydrogens (tertiary/aromatic N) is 2. The fourth-order valence-electron chi connectivity index (χ4n) is 3.39. The predicted octanol–water partition coefficient (Wildman–Crippen LogP) is 3.15. The first-order valence-corrected chi connectivity index (χ1v) is 11.5. The summed E-state index contributed by atoms with van der Waals surface area (Å²) in [4.78, 5) is 12.5. The highest BCUT2D eigenvalue weighted by Gasteiger charge is 2.19. The molecule has 0 aliphatic heterocycles. The van der Waals surface area contributed by atoms with Crippen molar-refractivity contribution in [2.24, 2.45) is 5.14 Å². The molecule has 0 saturated carbocycles. The van der Waals surface area contributed by atoms with E-state index in [4.69, 9.17) is 22.5 Å². The van der Waals surface area contributed by atoms with E-state index in [-0.39, 0.29) is 22.9 Å². The largest absolute Gasteiger partial charge is 0.399 e. The Balaban J connectivity index is 1.70. The van der Waals surface area contributed by atoms with Gasteiger partial charge < -0.3 is 11.1 Å². The van der Waals surface area contributed by atoms with Crippen LogP contribution in [0.5, 0.6) is 0 Å². The van der Waals surface area contributed by atoms with Crippen LogP contribution in [0.3, 0.4) is 0 Å². The van der Waals surface area contributed by atoms with Gasteiger partial charge in [0.2, 0.25) is 15.9 Å². The number of nitrogens with two attached hydrogens (primary N) is 2. The third-order valence-corrected chi connectivity index (χ3v) is 6.26. The number of hydrogen-bond donors (Lipinski definition) is 3. The number of carbonyl (C=O) groups excluding carboxylic acids is 1. The maximum Gasteiger partial charge on any atom is 0.238 e. The van der Waals surface area contributed by atoms with E-state index >= 15 is 0 Å². The Labute approximate surface area is 189 Å². The van der Waals surface area contributed by atoms with Gasteiger partial charge in [0.05, 0.1) is 29.6 Å². The molecule has 0 aliphatic rings. The van der Waals surface area contributed by atoms with Crippen LogP contribution in [0.4, 0.5) is 11.4 Å². The van der Waals surface area contributed by atoms with E-state index in [9.17, 15) is 13.2 Å². The van der Waals surface area contributed by atoms with Crippen molar-refractivity contribution in [2.75, 3.05) is 11.1 Å². The third kappa shape index (κ3) is 4.75. The normalized spacial score (nSPS) is 11.6. The summed E-state index contributed by atoms with van der Waals surface area (Å²) in [5.74, 6) is -0.345. The smallest absolute Gasteiger partial charge is 0.238 e. The van der Waals surface area contributed by atoms with Crippen molar-refractivity contribution >= 4 is 49.8 Å². The van der Waals surface area contributed by atoms with Crippen molar-refractivity contribution in [1.29, 1.82) is 0 Å². The van der Waals surface area contributed by atoms with Crippen LogP contribution in [0.15, 0.2) is 71.8 Å². The Kier molecular flexibility index (Phi) is 5.88. The van der Waals surface area contributed by atoms with E-state index in [0.29, 0.717) is 33.7 Å². The number of anilines is 2. The topological polar surface area (TPSA) is 133 Å². The number of nitrogens with one attached hydrogen (secondary N) is 1. The van der Waals surface area contributed by atoms with E-state index in [2.05, 4.69) is 10.4 Å². The minimum Gasteiger partial charge on any atom is -0.399 e. The average Bonchev–Trinajstić information content (AvgIpc) is 3.12. The van der Waals surface area contributed by atoms with Crippen LogP contribution in [0.25, 0.3) is 10.9 Å². The molecule has 0 unspecified atom stereocenters. The maximum absolute atomic E-state index is 12.6. The molecule has 0 fully saturated rings. The van der Waals surface area contributed by atoms with Crippen LogP contribution in [0.2, 0.25) is 5.02 Å². The summed E-state index contributed by atoms with van der Waals surface area (Å²) in [6.45, 7) is 0.380. The maximum atomic E-state index is 12.6. The Morgan fingerprint density at radius 3 is 2.50 bits per heavy atom. The first-order chi connectivity index (χ1) is 15.2. The monoisotopic (exact) mass is 469 g/mol. The van der Waals surface area contributed by atoms with Crippen LogP contribution in [0.1, 0.15) is 11.1 Å².